The number of anilines is 1. The van der Waals surface area contributed by atoms with E-state index in [9.17, 15) is 14.4 Å². The van der Waals surface area contributed by atoms with Gasteiger partial charge in [0.2, 0.25) is 0 Å². The highest BCUT2D eigenvalue weighted by molar-refractivity contribution is 6.04. The molecule has 2 aromatic carbocycles. The monoisotopic (exact) mass is 371 g/mol. The molecule has 0 fully saturated rings. The fraction of sp³-hybridized carbons (Fsp3) is 0.250. The number of amides is 1. The minimum atomic E-state index is -0.394. The maximum absolute atomic E-state index is 12.4. The molecule has 0 saturated carbocycles. The van der Waals surface area contributed by atoms with Gasteiger partial charge in [-0.2, -0.15) is 0 Å². The zero-order valence-corrected chi connectivity index (χ0v) is 15.4. The number of carbonyl (C=O) groups is 3. The number of nitrogens with one attached hydrogen (secondary N) is 1. The van der Waals surface area contributed by atoms with E-state index < -0.39 is 5.97 Å². The predicted molar refractivity (Wildman–Crippen MR) is 99.2 cm³/mol. The maximum atomic E-state index is 12.4. The van der Waals surface area contributed by atoms with Gasteiger partial charge in [-0.15, -0.1) is 0 Å². The van der Waals surface area contributed by atoms with E-state index >= 15 is 0 Å². The van der Waals surface area contributed by atoms with Gasteiger partial charge in [0.15, 0.2) is 11.5 Å². The number of ether oxygens (including phenoxy) is 3. The lowest BCUT2D eigenvalue weighted by atomic mass is 10.1. The number of carbonyl (C=O) groups excluding carboxylic acids is 3. The number of rotatable bonds is 7. The molecule has 0 atom stereocenters. The highest BCUT2D eigenvalue weighted by Crippen LogP contribution is 2.29. The van der Waals surface area contributed by atoms with Gasteiger partial charge >= 0.3 is 11.9 Å². The van der Waals surface area contributed by atoms with Crippen LogP contribution in [0.2, 0.25) is 0 Å². The molecule has 0 heterocycles. The molecule has 2 aromatic rings. The van der Waals surface area contributed by atoms with Gasteiger partial charge in [0, 0.05) is 24.1 Å². The molecule has 27 heavy (non-hydrogen) atoms. The Kier molecular flexibility index (Phi) is 6.93. The summed E-state index contributed by atoms with van der Waals surface area (Å²) in [6.07, 6.45) is 0.513. The van der Waals surface area contributed by atoms with Crippen LogP contribution < -0.4 is 19.5 Å². The number of esters is 2. The van der Waals surface area contributed by atoms with E-state index in [4.69, 9.17) is 14.2 Å². The maximum Gasteiger partial charge on any atom is 0.311 e. The Morgan fingerprint density at radius 3 is 2.07 bits per heavy atom. The quantitative estimate of drug-likeness (QED) is 0.591. The Morgan fingerprint density at radius 2 is 1.48 bits per heavy atom. The van der Waals surface area contributed by atoms with Crippen molar-refractivity contribution in [3.05, 3.63) is 48.0 Å². The third-order valence-corrected chi connectivity index (χ3v) is 3.57. The van der Waals surface area contributed by atoms with Crippen LogP contribution in [0.5, 0.6) is 17.2 Å². The van der Waals surface area contributed by atoms with Crippen LogP contribution in [0.3, 0.4) is 0 Å². The summed E-state index contributed by atoms with van der Waals surface area (Å²) < 4.78 is 15.4. The van der Waals surface area contributed by atoms with E-state index in [1.165, 1.54) is 25.3 Å². The lowest BCUT2D eigenvalue weighted by Crippen LogP contribution is -2.13. The van der Waals surface area contributed by atoms with Gasteiger partial charge in [-0.05, 0) is 42.5 Å². The zero-order chi connectivity index (χ0) is 19.8. The van der Waals surface area contributed by atoms with Crippen LogP contribution in [0.25, 0.3) is 0 Å². The number of benzene rings is 2. The smallest absolute Gasteiger partial charge is 0.311 e. The van der Waals surface area contributed by atoms with Crippen LogP contribution in [-0.4, -0.2) is 25.0 Å². The Morgan fingerprint density at radius 1 is 0.852 bits per heavy atom. The van der Waals surface area contributed by atoms with Crippen molar-refractivity contribution in [2.45, 2.75) is 26.7 Å². The van der Waals surface area contributed by atoms with Crippen LogP contribution in [0.1, 0.15) is 37.0 Å². The van der Waals surface area contributed by atoms with Crippen molar-refractivity contribution in [3.63, 3.8) is 0 Å². The fourth-order valence-electron chi connectivity index (χ4n) is 2.10. The van der Waals surface area contributed by atoms with Gasteiger partial charge in [-0.1, -0.05) is 13.8 Å². The second-order valence-electron chi connectivity index (χ2n) is 5.50. The minimum Gasteiger partial charge on any atom is -0.493 e. The van der Waals surface area contributed by atoms with Crippen LogP contribution in [0, 0.1) is 0 Å². The van der Waals surface area contributed by atoms with Crippen molar-refractivity contribution in [1.82, 2.24) is 0 Å². The van der Waals surface area contributed by atoms with E-state index in [1.807, 2.05) is 0 Å². The minimum absolute atomic E-state index is 0.231. The molecule has 0 aliphatic heterocycles. The highest BCUT2D eigenvalue weighted by atomic mass is 16.6. The normalized spacial score (nSPS) is 10.0. The lowest BCUT2D eigenvalue weighted by molar-refractivity contribution is -0.135. The Labute approximate surface area is 157 Å². The molecular formula is C20H21NO6. The SMILES string of the molecule is CCC(=O)Oc1ccc(NC(=O)c2ccc(OC(=O)CC)c(OC)c2)cc1. The standard InChI is InChI=1S/C20H21NO6/c1-4-18(22)26-15-9-7-14(8-10-15)21-20(24)13-6-11-16(17(12-13)25-3)27-19(23)5-2/h6-12H,4-5H2,1-3H3,(H,21,24). The molecule has 0 radical (unpaired) electrons. The second kappa shape index (κ2) is 9.38. The first kappa shape index (κ1) is 20.0. The van der Waals surface area contributed by atoms with Crippen LogP contribution in [0.15, 0.2) is 42.5 Å². The summed E-state index contributed by atoms with van der Waals surface area (Å²) in [5.74, 6) is -0.144. The summed E-state index contributed by atoms with van der Waals surface area (Å²) in [5.41, 5.74) is 0.876. The molecular weight excluding hydrogens is 350 g/mol. The fourth-order valence-corrected chi connectivity index (χ4v) is 2.10. The summed E-state index contributed by atoms with van der Waals surface area (Å²) in [6.45, 7) is 3.39. The summed E-state index contributed by atoms with van der Waals surface area (Å²) in [6, 6.07) is 11.0. The largest absolute Gasteiger partial charge is 0.493 e. The molecule has 1 amide bonds. The van der Waals surface area contributed by atoms with Gasteiger partial charge < -0.3 is 19.5 Å². The van der Waals surface area contributed by atoms with Crippen LogP contribution in [0.4, 0.5) is 5.69 Å². The van der Waals surface area contributed by atoms with Crippen molar-refractivity contribution < 1.29 is 28.6 Å². The first-order valence-electron chi connectivity index (χ1n) is 8.47. The Bertz CT molecular complexity index is 829. The molecule has 0 aliphatic rings. The van der Waals surface area contributed by atoms with E-state index in [2.05, 4.69) is 5.32 Å². The number of hydrogen-bond donors (Lipinski definition) is 1. The van der Waals surface area contributed by atoms with Crippen molar-refractivity contribution in [1.29, 1.82) is 0 Å². The molecule has 0 spiro atoms. The lowest BCUT2D eigenvalue weighted by Gasteiger charge is -2.11. The van der Waals surface area contributed by atoms with E-state index in [0.717, 1.165) is 0 Å². The van der Waals surface area contributed by atoms with Gasteiger partial charge in [-0.3, -0.25) is 14.4 Å². The topological polar surface area (TPSA) is 90.9 Å². The molecule has 1 N–H and O–H groups in total. The van der Waals surface area contributed by atoms with Crippen LogP contribution >= 0.6 is 0 Å². The van der Waals surface area contributed by atoms with E-state index in [-0.39, 0.29) is 36.2 Å². The van der Waals surface area contributed by atoms with E-state index in [1.54, 1.807) is 38.1 Å². The van der Waals surface area contributed by atoms with Crippen molar-refractivity contribution in [3.8, 4) is 17.2 Å². The molecule has 142 valence electrons. The predicted octanol–water partition coefficient (Wildman–Crippen LogP) is 3.58. The average Bonchev–Trinajstić information content (AvgIpc) is 2.69. The molecule has 0 bridgehead atoms. The summed E-state index contributed by atoms with van der Waals surface area (Å²) >= 11 is 0. The number of hydrogen-bond acceptors (Lipinski definition) is 6. The van der Waals surface area contributed by atoms with Crippen molar-refractivity contribution in [2.75, 3.05) is 12.4 Å². The summed E-state index contributed by atoms with van der Waals surface area (Å²) in [5, 5.41) is 2.73. The molecule has 0 unspecified atom stereocenters. The van der Waals surface area contributed by atoms with Crippen LogP contribution in [-0.2, 0) is 9.59 Å². The molecule has 0 aromatic heterocycles. The van der Waals surface area contributed by atoms with Gasteiger partial charge in [0.25, 0.3) is 5.91 Å². The molecule has 0 saturated heterocycles. The molecule has 7 nitrogen and oxygen atoms in total. The van der Waals surface area contributed by atoms with E-state index in [0.29, 0.717) is 17.0 Å². The van der Waals surface area contributed by atoms with Crippen molar-refractivity contribution >= 4 is 23.5 Å². The molecule has 7 heteroatoms. The molecule has 2 rings (SSSR count). The number of methoxy groups -OCH3 is 1. The Balaban J connectivity index is 2.09. The average molecular weight is 371 g/mol. The second-order valence-corrected chi connectivity index (χ2v) is 5.50. The van der Waals surface area contributed by atoms with Gasteiger partial charge in [-0.25, -0.2) is 0 Å². The third kappa shape index (κ3) is 5.57. The van der Waals surface area contributed by atoms with Crippen molar-refractivity contribution in [2.24, 2.45) is 0 Å². The first-order valence-corrected chi connectivity index (χ1v) is 8.47. The Hall–Kier alpha value is -3.35. The third-order valence-electron chi connectivity index (χ3n) is 3.57. The summed E-state index contributed by atoms with van der Waals surface area (Å²) in [7, 11) is 1.43. The van der Waals surface area contributed by atoms with Gasteiger partial charge in [0.05, 0.1) is 7.11 Å². The summed E-state index contributed by atoms with van der Waals surface area (Å²) in [4.78, 5) is 35.1. The first-order chi connectivity index (χ1) is 13.0. The zero-order valence-electron chi connectivity index (χ0n) is 15.4. The van der Waals surface area contributed by atoms with Gasteiger partial charge in [0.1, 0.15) is 5.75 Å². The molecule has 0 aliphatic carbocycles. The highest BCUT2D eigenvalue weighted by Gasteiger charge is 2.13.